The number of carbonyl (C=O) groups excluding carboxylic acids is 2. The molecule has 1 spiro atoms. The molecule has 220 valence electrons. The Bertz CT molecular complexity index is 1850. The molecule has 3 atom stereocenters. The van der Waals surface area contributed by atoms with Gasteiger partial charge in [-0.1, -0.05) is 72.8 Å². The van der Waals surface area contributed by atoms with E-state index in [1.807, 2.05) is 0 Å². The summed E-state index contributed by atoms with van der Waals surface area (Å²) in [6, 6.07) is 24.8. The number of hydrogen-bond acceptors (Lipinski definition) is 5. The molecule has 6 rings (SSSR count). The van der Waals surface area contributed by atoms with Gasteiger partial charge < -0.3 is 10.1 Å². The Hall–Kier alpha value is -4.48. The van der Waals surface area contributed by atoms with E-state index < -0.39 is 55.7 Å². The zero-order chi connectivity index (χ0) is 30.6. The summed E-state index contributed by atoms with van der Waals surface area (Å²) in [7, 11) is -3.38. The minimum absolute atomic E-state index is 0.238. The smallest absolute Gasteiger partial charge is 0.416 e. The first-order valence-corrected chi connectivity index (χ1v) is 14.8. The van der Waals surface area contributed by atoms with Crippen molar-refractivity contribution in [2.75, 3.05) is 19.0 Å². The summed E-state index contributed by atoms with van der Waals surface area (Å²) in [5.74, 6) is -3.11. The van der Waals surface area contributed by atoms with Gasteiger partial charge in [0, 0.05) is 29.3 Å². The van der Waals surface area contributed by atoms with E-state index in [0.29, 0.717) is 23.1 Å². The fourth-order valence-electron chi connectivity index (χ4n) is 6.35. The SMILES string of the molecule is COc1ccccc1C1CN(S(=O)(=O)c2cccc(C(F)(F)F)c2)C2(C(=O)Nc3ccccc32)C1C(=O)c1ccccc1. The average Bonchev–Trinajstić information content (AvgIpc) is 3.52. The molecule has 2 heterocycles. The molecular formula is C32H25F3N2O5S. The van der Waals surface area contributed by atoms with Crippen LogP contribution in [0, 0.1) is 5.92 Å². The number of para-hydroxylation sites is 2. The average molecular weight is 607 g/mol. The van der Waals surface area contributed by atoms with Gasteiger partial charge in [0.2, 0.25) is 10.0 Å². The van der Waals surface area contributed by atoms with Crippen LogP contribution < -0.4 is 10.1 Å². The molecule has 7 nitrogen and oxygen atoms in total. The normalized spacial score (nSPS) is 21.9. The lowest BCUT2D eigenvalue weighted by Crippen LogP contribution is -2.54. The second-order valence-corrected chi connectivity index (χ2v) is 12.2. The number of hydrogen-bond donors (Lipinski definition) is 1. The Morgan fingerprint density at radius 3 is 2.33 bits per heavy atom. The number of methoxy groups -OCH3 is 1. The van der Waals surface area contributed by atoms with E-state index in [4.69, 9.17) is 4.74 Å². The molecule has 0 radical (unpaired) electrons. The maximum Gasteiger partial charge on any atom is 0.416 e. The van der Waals surface area contributed by atoms with Crippen molar-refractivity contribution in [3.8, 4) is 5.75 Å². The molecule has 2 aliphatic rings. The molecule has 1 amide bonds. The lowest BCUT2D eigenvalue weighted by Gasteiger charge is -2.36. The van der Waals surface area contributed by atoms with E-state index in [9.17, 15) is 31.2 Å². The van der Waals surface area contributed by atoms with E-state index in [1.165, 1.54) is 7.11 Å². The van der Waals surface area contributed by atoms with Gasteiger partial charge in [-0.25, -0.2) is 8.42 Å². The minimum atomic E-state index is -4.82. The summed E-state index contributed by atoms with van der Waals surface area (Å²) >= 11 is 0. The van der Waals surface area contributed by atoms with Gasteiger partial charge in [-0.2, -0.15) is 17.5 Å². The summed E-state index contributed by atoms with van der Waals surface area (Å²) in [5, 5.41) is 2.75. The summed E-state index contributed by atoms with van der Waals surface area (Å²) in [6.07, 6.45) is -4.81. The number of Topliss-reactive ketones (excluding diaryl/α,β-unsaturated/α-hetero) is 1. The van der Waals surface area contributed by atoms with Crippen LogP contribution >= 0.6 is 0 Å². The van der Waals surface area contributed by atoms with Crippen molar-refractivity contribution in [3.05, 3.63) is 125 Å². The standard InChI is InChI=1S/C32H25F3N2O5S/c1-42-27-17-8-5-14-23(27)24-19-37(43(40,41)22-13-9-12-21(18-22)32(33,34)35)31(25-15-6-7-16-26(25)36-30(31)39)28(24)29(38)20-10-3-2-4-11-20/h2-18,24,28H,19H2,1H3,(H,36,39). The molecule has 11 heteroatoms. The summed E-state index contributed by atoms with van der Waals surface area (Å²) in [6.45, 7) is -0.385. The van der Waals surface area contributed by atoms with E-state index >= 15 is 0 Å². The lowest BCUT2D eigenvalue weighted by atomic mass is 9.70. The Kier molecular flexibility index (Phi) is 6.89. The Morgan fingerprint density at radius 1 is 0.930 bits per heavy atom. The fourth-order valence-corrected chi connectivity index (χ4v) is 8.16. The van der Waals surface area contributed by atoms with Crippen molar-refractivity contribution in [3.63, 3.8) is 0 Å². The maximum atomic E-state index is 14.6. The maximum absolute atomic E-state index is 14.6. The molecule has 1 fully saturated rings. The van der Waals surface area contributed by atoms with Crippen LogP contribution in [0.2, 0.25) is 0 Å². The number of sulfonamides is 1. The molecule has 0 aromatic heterocycles. The molecule has 4 aromatic rings. The zero-order valence-corrected chi connectivity index (χ0v) is 23.5. The molecule has 4 aromatic carbocycles. The molecule has 0 saturated carbocycles. The lowest BCUT2D eigenvalue weighted by molar-refractivity contribution is -0.137. The number of ether oxygens (including phenoxy) is 1. The van der Waals surface area contributed by atoms with E-state index in [2.05, 4.69) is 5.32 Å². The Balaban J connectivity index is 1.66. The summed E-state index contributed by atoms with van der Waals surface area (Å²) in [5.41, 5.74) is -2.00. The molecule has 2 aliphatic heterocycles. The third-order valence-corrected chi connectivity index (χ3v) is 10.0. The number of anilines is 1. The first-order chi connectivity index (χ1) is 20.5. The highest BCUT2D eigenvalue weighted by molar-refractivity contribution is 7.89. The third kappa shape index (κ3) is 4.42. The van der Waals surface area contributed by atoms with Gasteiger partial charge in [-0.3, -0.25) is 9.59 Å². The number of ketones is 1. The van der Waals surface area contributed by atoms with Crippen LogP contribution in [0.4, 0.5) is 18.9 Å². The number of amides is 1. The number of nitrogens with zero attached hydrogens (tertiary/aromatic N) is 1. The second kappa shape index (κ2) is 10.4. The molecule has 0 aliphatic carbocycles. The molecular weight excluding hydrogens is 581 g/mol. The van der Waals surface area contributed by atoms with Crippen molar-refractivity contribution in [1.29, 1.82) is 0 Å². The van der Waals surface area contributed by atoms with Crippen LogP contribution in [-0.4, -0.2) is 38.1 Å². The zero-order valence-electron chi connectivity index (χ0n) is 22.7. The number of halogens is 3. The van der Waals surface area contributed by atoms with Crippen LogP contribution in [-0.2, 0) is 26.5 Å². The van der Waals surface area contributed by atoms with Crippen molar-refractivity contribution in [1.82, 2.24) is 4.31 Å². The second-order valence-electron chi connectivity index (χ2n) is 10.4. The van der Waals surface area contributed by atoms with Crippen LogP contribution in [0.3, 0.4) is 0 Å². The van der Waals surface area contributed by atoms with Gasteiger partial charge >= 0.3 is 6.18 Å². The molecule has 43 heavy (non-hydrogen) atoms. The highest BCUT2D eigenvalue weighted by atomic mass is 32.2. The predicted molar refractivity (Wildman–Crippen MR) is 152 cm³/mol. The number of rotatable bonds is 6. The summed E-state index contributed by atoms with van der Waals surface area (Å²) in [4.78, 5) is 28.2. The topological polar surface area (TPSA) is 92.8 Å². The minimum Gasteiger partial charge on any atom is -0.496 e. The van der Waals surface area contributed by atoms with Crippen LogP contribution in [0.1, 0.15) is 33.0 Å². The van der Waals surface area contributed by atoms with Crippen LogP contribution in [0.15, 0.2) is 108 Å². The highest BCUT2D eigenvalue weighted by Gasteiger charge is 2.68. The van der Waals surface area contributed by atoms with Gasteiger partial charge in [0.1, 0.15) is 5.75 Å². The van der Waals surface area contributed by atoms with Gasteiger partial charge in [-0.05, 0) is 35.9 Å². The van der Waals surface area contributed by atoms with Crippen molar-refractivity contribution >= 4 is 27.4 Å². The van der Waals surface area contributed by atoms with Crippen molar-refractivity contribution in [2.24, 2.45) is 5.92 Å². The largest absolute Gasteiger partial charge is 0.496 e. The predicted octanol–water partition coefficient (Wildman–Crippen LogP) is 5.85. The molecule has 3 unspecified atom stereocenters. The number of fused-ring (bicyclic) bond motifs is 2. The number of alkyl halides is 3. The van der Waals surface area contributed by atoms with E-state index in [0.717, 1.165) is 22.5 Å². The molecule has 1 saturated heterocycles. The quantitative estimate of drug-likeness (QED) is 0.278. The first kappa shape index (κ1) is 28.6. The first-order valence-electron chi connectivity index (χ1n) is 13.3. The highest BCUT2D eigenvalue weighted by Crippen LogP contribution is 2.58. The van der Waals surface area contributed by atoms with Crippen molar-refractivity contribution in [2.45, 2.75) is 22.5 Å². The van der Waals surface area contributed by atoms with Gasteiger partial charge in [0.15, 0.2) is 11.3 Å². The van der Waals surface area contributed by atoms with Gasteiger partial charge in [-0.15, -0.1) is 0 Å². The Labute approximate surface area is 246 Å². The molecule has 0 bridgehead atoms. The van der Waals surface area contributed by atoms with Gasteiger partial charge in [0.25, 0.3) is 5.91 Å². The Morgan fingerprint density at radius 2 is 1.60 bits per heavy atom. The number of nitrogens with one attached hydrogen (secondary N) is 1. The monoisotopic (exact) mass is 606 g/mol. The number of benzene rings is 4. The van der Waals surface area contributed by atoms with Crippen LogP contribution in [0.5, 0.6) is 5.75 Å². The third-order valence-electron chi connectivity index (χ3n) is 8.17. The van der Waals surface area contributed by atoms with Gasteiger partial charge in [0.05, 0.1) is 23.5 Å². The van der Waals surface area contributed by atoms with E-state index in [1.54, 1.807) is 78.9 Å². The fraction of sp³-hybridized carbons (Fsp3) is 0.188. The van der Waals surface area contributed by atoms with Crippen LogP contribution in [0.25, 0.3) is 0 Å². The van der Waals surface area contributed by atoms with Crippen molar-refractivity contribution < 1.29 is 35.9 Å². The molecule has 1 N–H and O–H groups in total. The summed E-state index contributed by atoms with van der Waals surface area (Å²) < 4.78 is 76.5. The van der Waals surface area contributed by atoms with E-state index in [-0.39, 0.29) is 17.7 Å². The number of carbonyl (C=O) groups is 2.